The summed E-state index contributed by atoms with van der Waals surface area (Å²) >= 11 is 0. The molecule has 0 spiro atoms. The number of nitrogens with zero attached hydrogens (tertiary/aromatic N) is 1. The molecule has 0 amide bonds. The van der Waals surface area contributed by atoms with Crippen LogP contribution in [0.4, 0.5) is 0 Å². The molecule has 16 heavy (non-hydrogen) atoms. The van der Waals surface area contributed by atoms with E-state index in [9.17, 15) is 0 Å². The molecule has 1 saturated carbocycles. The van der Waals surface area contributed by atoms with E-state index >= 15 is 0 Å². The molecule has 2 nitrogen and oxygen atoms in total. The standard InChI is InChI=1S/C14H28N2/c1-12-11-16(2)9-8-14(12)15-10-13-6-4-3-5-7-13/h12-15H,3-11H2,1-2H3. The van der Waals surface area contributed by atoms with Crippen LogP contribution in [-0.2, 0) is 0 Å². The van der Waals surface area contributed by atoms with Crippen LogP contribution in [0, 0.1) is 11.8 Å². The molecule has 94 valence electrons. The Hall–Kier alpha value is -0.0800. The zero-order chi connectivity index (χ0) is 11.4. The molecule has 1 aliphatic carbocycles. The first-order valence-corrected chi connectivity index (χ1v) is 7.17. The predicted molar refractivity (Wildman–Crippen MR) is 69.6 cm³/mol. The average Bonchev–Trinajstić information content (AvgIpc) is 2.29. The van der Waals surface area contributed by atoms with Gasteiger partial charge in [0, 0.05) is 12.6 Å². The normalized spacial score (nSPS) is 34.1. The van der Waals surface area contributed by atoms with Crippen molar-refractivity contribution in [1.82, 2.24) is 10.2 Å². The number of nitrogens with one attached hydrogen (secondary N) is 1. The molecule has 0 aromatic carbocycles. The monoisotopic (exact) mass is 224 g/mol. The van der Waals surface area contributed by atoms with E-state index in [2.05, 4.69) is 24.2 Å². The fraction of sp³-hybridized carbons (Fsp3) is 1.00. The summed E-state index contributed by atoms with van der Waals surface area (Å²) in [6.45, 7) is 6.21. The number of rotatable bonds is 3. The average molecular weight is 224 g/mol. The van der Waals surface area contributed by atoms with Crippen LogP contribution in [0.5, 0.6) is 0 Å². The summed E-state index contributed by atoms with van der Waals surface area (Å²) in [5.41, 5.74) is 0. The van der Waals surface area contributed by atoms with Crippen LogP contribution in [0.2, 0.25) is 0 Å². The summed E-state index contributed by atoms with van der Waals surface area (Å²) in [5.74, 6) is 1.79. The third-order valence-electron chi connectivity index (χ3n) is 4.50. The number of hydrogen-bond acceptors (Lipinski definition) is 2. The summed E-state index contributed by atoms with van der Waals surface area (Å²) in [6, 6.07) is 0.776. The van der Waals surface area contributed by atoms with Gasteiger partial charge in [-0.25, -0.2) is 0 Å². The third-order valence-corrected chi connectivity index (χ3v) is 4.50. The van der Waals surface area contributed by atoms with Crippen molar-refractivity contribution in [1.29, 1.82) is 0 Å². The Morgan fingerprint density at radius 3 is 2.56 bits per heavy atom. The van der Waals surface area contributed by atoms with Gasteiger partial charge < -0.3 is 10.2 Å². The van der Waals surface area contributed by atoms with E-state index in [1.54, 1.807) is 0 Å². The van der Waals surface area contributed by atoms with Crippen LogP contribution in [0.15, 0.2) is 0 Å². The first-order chi connectivity index (χ1) is 7.75. The Balaban J connectivity index is 1.68. The fourth-order valence-electron chi connectivity index (χ4n) is 3.37. The number of hydrogen-bond donors (Lipinski definition) is 1. The summed E-state index contributed by atoms with van der Waals surface area (Å²) in [6.07, 6.45) is 8.68. The summed E-state index contributed by atoms with van der Waals surface area (Å²) in [4.78, 5) is 2.46. The molecule has 2 fully saturated rings. The Morgan fingerprint density at radius 2 is 1.88 bits per heavy atom. The zero-order valence-corrected chi connectivity index (χ0v) is 11.0. The predicted octanol–water partition coefficient (Wildman–Crippen LogP) is 2.50. The molecule has 2 aliphatic rings. The number of likely N-dealkylation sites (tertiary alicyclic amines) is 1. The third kappa shape index (κ3) is 3.46. The van der Waals surface area contributed by atoms with E-state index in [0.29, 0.717) is 0 Å². The lowest BCUT2D eigenvalue weighted by molar-refractivity contribution is 0.168. The minimum atomic E-state index is 0.776. The highest BCUT2D eigenvalue weighted by Crippen LogP contribution is 2.24. The minimum absolute atomic E-state index is 0.776. The van der Waals surface area contributed by atoms with E-state index in [-0.39, 0.29) is 0 Å². The summed E-state index contributed by atoms with van der Waals surface area (Å²) < 4.78 is 0. The van der Waals surface area contributed by atoms with Crippen LogP contribution in [0.1, 0.15) is 45.4 Å². The topological polar surface area (TPSA) is 15.3 Å². The molecule has 0 aromatic heterocycles. The summed E-state index contributed by atoms with van der Waals surface area (Å²) in [5, 5.41) is 3.83. The quantitative estimate of drug-likeness (QED) is 0.792. The van der Waals surface area contributed by atoms with Crippen molar-refractivity contribution in [3.63, 3.8) is 0 Å². The van der Waals surface area contributed by atoms with Crippen molar-refractivity contribution in [3.05, 3.63) is 0 Å². The fourth-order valence-corrected chi connectivity index (χ4v) is 3.37. The second-order valence-electron chi connectivity index (χ2n) is 6.05. The lowest BCUT2D eigenvalue weighted by atomic mass is 9.88. The summed E-state index contributed by atoms with van der Waals surface area (Å²) in [7, 11) is 2.24. The van der Waals surface area contributed by atoms with Gasteiger partial charge in [0.2, 0.25) is 0 Å². The minimum Gasteiger partial charge on any atom is -0.313 e. The maximum atomic E-state index is 3.83. The molecule has 2 unspecified atom stereocenters. The molecule has 1 N–H and O–H groups in total. The molecule has 1 saturated heterocycles. The van der Waals surface area contributed by atoms with Gasteiger partial charge in [-0.3, -0.25) is 0 Å². The molecule has 1 aliphatic heterocycles. The molecule has 0 bridgehead atoms. The van der Waals surface area contributed by atoms with E-state index in [4.69, 9.17) is 0 Å². The molecular weight excluding hydrogens is 196 g/mol. The van der Waals surface area contributed by atoms with Crippen molar-refractivity contribution in [3.8, 4) is 0 Å². The lowest BCUT2D eigenvalue weighted by Crippen LogP contribution is -2.48. The molecule has 0 aromatic rings. The molecular formula is C14H28N2. The van der Waals surface area contributed by atoms with E-state index in [1.807, 2.05) is 0 Å². The highest BCUT2D eigenvalue weighted by Gasteiger charge is 2.24. The van der Waals surface area contributed by atoms with Crippen molar-refractivity contribution < 1.29 is 0 Å². The van der Waals surface area contributed by atoms with Gasteiger partial charge in [-0.05, 0) is 51.2 Å². The highest BCUT2D eigenvalue weighted by atomic mass is 15.1. The van der Waals surface area contributed by atoms with Crippen molar-refractivity contribution in [2.45, 2.75) is 51.5 Å². The second kappa shape index (κ2) is 6.02. The van der Waals surface area contributed by atoms with Crippen LogP contribution < -0.4 is 5.32 Å². The Morgan fingerprint density at radius 1 is 1.12 bits per heavy atom. The van der Waals surface area contributed by atoms with Gasteiger partial charge >= 0.3 is 0 Å². The molecule has 2 heteroatoms. The molecule has 2 rings (SSSR count). The molecule has 0 radical (unpaired) electrons. The first-order valence-electron chi connectivity index (χ1n) is 7.17. The van der Waals surface area contributed by atoms with Crippen LogP contribution in [0.3, 0.4) is 0 Å². The van der Waals surface area contributed by atoms with Gasteiger partial charge in [0.25, 0.3) is 0 Å². The maximum Gasteiger partial charge on any atom is 0.0117 e. The highest BCUT2D eigenvalue weighted by molar-refractivity contribution is 4.82. The van der Waals surface area contributed by atoms with Gasteiger partial charge in [-0.2, -0.15) is 0 Å². The van der Waals surface area contributed by atoms with Gasteiger partial charge in [-0.15, -0.1) is 0 Å². The Bertz CT molecular complexity index is 199. The van der Waals surface area contributed by atoms with Gasteiger partial charge in [0.1, 0.15) is 0 Å². The van der Waals surface area contributed by atoms with Gasteiger partial charge in [0.15, 0.2) is 0 Å². The van der Waals surface area contributed by atoms with Gasteiger partial charge in [0.05, 0.1) is 0 Å². The first kappa shape index (κ1) is 12.4. The largest absolute Gasteiger partial charge is 0.313 e. The molecule has 1 heterocycles. The van der Waals surface area contributed by atoms with Crippen molar-refractivity contribution >= 4 is 0 Å². The van der Waals surface area contributed by atoms with Crippen LogP contribution in [0.25, 0.3) is 0 Å². The van der Waals surface area contributed by atoms with E-state index in [1.165, 1.54) is 58.2 Å². The Labute approximate surface area is 101 Å². The van der Waals surface area contributed by atoms with E-state index < -0.39 is 0 Å². The van der Waals surface area contributed by atoms with E-state index in [0.717, 1.165) is 17.9 Å². The second-order valence-corrected chi connectivity index (χ2v) is 6.05. The number of piperidine rings is 1. The van der Waals surface area contributed by atoms with Crippen molar-refractivity contribution in [2.75, 3.05) is 26.7 Å². The maximum absolute atomic E-state index is 3.83. The molecule has 2 atom stereocenters. The lowest BCUT2D eigenvalue weighted by Gasteiger charge is -2.36. The van der Waals surface area contributed by atoms with Crippen LogP contribution in [-0.4, -0.2) is 37.6 Å². The van der Waals surface area contributed by atoms with Gasteiger partial charge in [-0.1, -0.05) is 26.2 Å². The van der Waals surface area contributed by atoms with Crippen molar-refractivity contribution in [2.24, 2.45) is 11.8 Å². The SMILES string of the molecule is CC1CN(C)CCC1NCC1CCCCC1. The smallest absolute Gasteiger partial charge is 0.0117 e. The zero-order valence-electron chi connectivity index (χ0n) is 11.0. The Kier molecular flexibility index (Phi) is 4.66. The van der Waals surface area contributed by atoms with Crippen LogP contribution >= 0.6 is 0 Å².